The van der Waals surface area contributed by atoms with Crippen LogP contribution in [0, 0.1) is 0 Å². The predicted molar refractivity (Wildman–Crippen MR) is 32.3 cm³/mol. The van der Waals surface area contributed by atoms with Crippen molar-refractivity contribution in [1.29, 1.82) is 0 Å². The number of carbonyl (C=O) groups excluding carboxylic acids is 1. The highest BCUT2D eigenvalue weighted by atomic mass is 16.4. The van der Waals surface area contributed by atoms with Gasteiger partial charge in [-0.05, 0) is 6.42 Å². The van der Waals surface area contributed by atoms with Crippen LogP contribution < -0.4 is 5.32 Å². The van der Waals surface area contributed by atoms with Crippen LogP contribution in [0.4, 0.5) is 0 Å². The summed E-state index contributed by atoms with van der Waals surface area (Å²) in [7, 11) is 0. The van der Waals surface area contributed by atoms with Crippen LogP contribution in [0.3, 0.4) is 0 Å². The van der Waals surface area contributed by atoms with Crippen molar-refractivity contribution < 1.29 is 19.8 Å². The van der Waals surface area contributed by atoms with Gasteiger partial charge in [-0.15, -0.1) is 0 Å². The third-order valence-corrected chi connectivity index (χ3v) is 0.815. The lowest BCUT2D eigenvalue weighted by molar-refractivity contribution is -0.150. The molecule has 0 aromatic carbocycles. The first-order valence-corrected chi connectivity index (χ1v) is 2.80. The van der Waals surface area contributed by atoms with Crippen molar-refractivity contribution in [3.8, 4) is 0 Å². The van der Waals surface area contributed by atoms with Gasteiger partial charge in [0.05, 0.1) is 0 Å². The number of carboxylic acids is 1. The van der Waals surface area contributed by atoms with Crippen molar-refractivity contribution in [1.82, 2.24) is 5.32 Å². The number of carboxylic acid groups (broad SMARTS) is 1. The predicted octanol–water partition coefficient (Wildman–Crippen LogP) is -1.43. The normalized spacial score (nSPS) is 8.90. The third-order valence-electron chi connectivity index (χ3n) is 0.815. The first-order chi connectivity index (χ1) is 4.68. The summed E-state index contributed by atoms with van der Waals surface area (Å²) in [5, 5.41) is 18.3. The Morgan fingerprint density at radius 3 is 2.40 bits per heavy atom. The molecule has 0 rings (SSSR count). The SMILES string of the molecule is O=C(O)C(=O)NCCCO. The first-order valence-electron chi connectivity index (χ1n) is 2.80. The Kier molecular flexibility index (Phi) is 4.23. The maximum Gasteiger partial charge on any atom is 0.394 e. The number of hydrogen-bond acceptors (Lipinski definition) is 3. The zero-order valence-corrected chi connectivity index (χ0v) is 5.33. The molecule has 0 aliphatic carbocycles. The Morgan fingerprint density at radius 2 is 2.00 bits per heavy atom. The molecule has 0 aliphatic heterocycles. The van der Waals surface area contributed by atoms with Crippen LogP contribution in [0.25, 0.3) is 0 Å². The fourth-order valence-electron chi connectivity index (χ4n) is 0.357. The van der Waals surface area contributed by atoms with E-state index < -0.39 is 11.9 Å². The molecule has 0 heterocycles. The lowest BCUT2D eigenvalue weighted by atomic mass is 10.4. The standard InChI is InChI=1S/C5H9NO4/c7-3-1-2-6-4(8)5(9)10/h7H,1-3H2,(H,6,8)(H,9,10). The third kappa shape index (κ3) is 3.85. The smallest absolute Gasteiger partial charge is 0.394 e. The van der Waals surface area contributed by atoms with Gasteiger partial charge in [0.15, 0.2) is 0 Å². The summed E-state index contributed by atoms with van der Waals surface area (Å²) in [4.78, 5) is 20.0. The van der Waals surface area contributed by atoms with E-state index in [1.807, 2.05) is 0 Å². The Hall–Kier alpha value is -1.10. The maximum atomic E-state index is 10.2. The van der Waals surface area contributed by atoms with Gasteiger partial charge < -0.3 is 15.5 Å². The highest BCUT2D eigenvalue weighted by Gasteiger charge is 2.08. The second-order valence-corrected chi connectivity index (χ2v) is 1.64. The molecule has 0 fully saturated rings. The number of amides is 1. The van der Waals surface area contributed by atoms with Crippen molar-refractivity contribution in [2.45, 2.75) is 6.42 Å². The summed E-state index contributed by atoms with van der Waals surface area (Å²) < 4.78 is 0. The van der Waals surface area contributed by atoms with Crippen LogP contribution in [0.2, 0.25) is 0 Å². The molecule has 0 bridgehead atoms. The average Bonchev–Trinajstić information content (AvgIpc) is 1.88. The molecule has 0 saturated heterocycles. The second kappa shape index (κ2) is 4.75. The molecular weight excluding hydrogens is 138 g/mol. The first kappa shape index (κ1) is 8.90. The molecule has 0 atom stereocenters. The van der Waals surface area contributed by atoms with E-state index in [1.165, 1.54) is 0 Å². The Balaban J connectivity index is 3.31. The summed E-state index contributed by atoms with van der Waals surface area (Å²) in [6.07, 6.45) is 0.374. The van der Waals surface area contributed by atoms with Crippen molar-refractivity contribution >= 4 is 11.9 Å². The van der Waals surface area contributed by atoms with Gasteiger partial charge in [-0.3, -0.25) is 4.79 Å². The lowest BCUT2D eigenvalue weighted by Crippen LogP contribution is -2.31. The van der Waals surface area contributed by atoms with E-state index in [0.29, 0.717) is 6.42 Å². The van der Waals surface area contributed by atoms with E-state index in [-0.39, 0.29) is 13.2 Å². The summed E-state index contributed by atoms with van der Waals surface area (Å²) >= 11 is 0. The van der Waals surface area contributed by atoms with Gasteiger partial charge in [0.2, 0.25) is 0 Å². The van der Waals surface area contributed by atoms with E-state index >= 15 is 0 Å². The fraction of sp³-hybridized carbons (Fsp3) is 0.600. The minimum absolute atomic E-state index is 0.0557. The molecule has 0 aromatic rings. The zero-order valence-electron chi connectivity index (χ0n) is 5.33. The average molecular weight is 147 g/mol. The van der Waals surface area contributed by atoms with Gasteiger partial charge in [0.1, 0.15) is 0 Å². The van der Waals surface area contributed by atoms with E-state index in [2.05, 4.69) is 5.32 Å². The zero-order chi connectivity index (χ0) is 7.98. The molecule has 0 aliphatic rings. The van der Waals surface area contributed by atoms with Crippen molar-refractivity contribution in [3.05, 3.63) is 0 Å². The van der Waals surface area contributed by atoms with E-state index in [4.69, 9.17) is 10.2 Å². The van der Waals surface area contributed by atoms with Gasteiger partial charge in [-0.2, -0.15) is 0 Å². The number of carbonyl (C=O) groups is 2. The van der Waals surface area contributed by atoms with Crippen molar-refractivity contribution in [2.24, 2.45) is 0 Å². The highest BCUT2D eigenvalue weighted by molar-refractivity contribution is 6.31. The van der Waals surface area contributed by atoms with Gasteiger partial charge in [0, 0.05) is 13.2 Å². The monoisotopic (exact) mass is 147 g/mol. The molecule has 5 nitrogen and oxygen atoms in total. The largest absolute Gasteiger partial charge is 0.474 e. The minimum atomic E-state index is -1.50. The Morgan fingerprint density at radius 1 is 1.40 bits per heavy atom. The van der Waals surface area contributed by atoms with E-state index in [9.17, 15) is 9.59 Å². The van der Waals surface area contributed by atoms with E-state index in [1.54, 1.807) is 0 Å². The Labute approximate surface area is 57.7 Å². The van der Waals surface area contributed by atoms with Gasteiger partial charge in [-0.25, -0.2) is 4.79 Å². The van der Waals surface area contributed by atoms with Crippen LogP contribution in [-0.2, 0) is 9.59 Å². The van der Waals surface area contributed by atoms with Crippen molar-refractivity contribution in [2.75, 3.05) is 13.2 Å². The minimum Gasteiger partial charge on any atom is -0.474 e. The molecule has 1 amide bonds. The summed E-state index contributed by atoms with van der Waals surface area (Å²) in [6, 6.07) is 0. The summed E-state index contributed by atoms with van der Waals surface area (Å²) in [6.45, 7) is 0.140. The molecule has 0 radical (unpaired) electrons. The van der Waals surface area contributed by atoms with Gasteiger partial charge >= 0.3 is 11.9 Å². The number of nitrogens with one attached hydrogen (secondary N) is 1. The molecule has 3 N–H and O–H groups in total. The molecular formula is C5H9NO4. The van der Waals surface area contributed by atoms with Crippen LogP contribution >= 0.6 is 0 Å². The second-order valence-electron chi connectivity index (χ2n) is 1.64. The molecule has 0 spiro atoms. The summed E-state index contributed by atoms with van der Waals surface area (Å²) in [5.74, 6) is -2.54. The quantitative estimate of drug-likeness (QED) is 0.337. The molecule has 0 aromatic heterocycles. The number of aliphatic hydroxyl groups excluding tert-OH is 1. The molecule has 5 heteroatoms. The lowest BCUT2D eigenvalue weighted by Gasteiger charge is -1.97. The van der Waals surface area contributed by atoms with Crippen LogP contribution in [-0.4, -0.2) is 35.2 Å². The highest BCUT2D eigenvalue weighted by Crippen LogP contribution is 1.72. The van der Waals surface area contributed by atoms with Gasteiger partial charge in [0.25, 0.3) is 0 Å². The molecule has 58 valence electrons. The topological polar surface area (TPSA) is 86.6 Å². The number of hydrogen-bond donors (Lipinski definition) is 3. The summed E-state index contributed by atoms with van der Waals surface area (Å²) in [5.41, 5.74) is 0. The number of aliphatic hydroxyl groups is 1. The molecule has 0 unspecified atom stereocenters. The maximum absolute atomic E-state index is 10.2. The Bertz CT molecular complexity index is 134. The number of rotatable bonds is 3. The van der Waals surface area contributed by atoms with Crippen LogP contribution in [0.1, 0.15) is 6.42 Å². The number of aliphatic carboxylic acids is 1. The molecule has 10 heavy (non-hydrogen) atoms. The fourth-order valence-corrected chi connectivity index (χ4v) is 0.357. The molecule has 0 saturated carbocycles. The van der Waals surface area contributed by atoms with Crippen molar-refractivity contribution in [3.63, 3.8) is 0 Å². The van der Waals surface area contributed by atoms with Crippen LogP contribution in [0.15, 0.2) is 0 Å². The van der Waals surface area contributed by atoms with Crippen LogP contribution in [0.5, 0.6) is 0 Å². The van der Waals surface area contributed by atoms with Gasteiger partial charge in [-0.1, -0.05) is 0 Å². The van der Waals surface area contributed by atoms with E-state index in [0.717, 1.165) is 0 Å².